The number of ether oxygens (including phenoxy) is 11. The fourth-order valence-electron chi connectivity index (χ4n) is 9.75. The predicted octanol–water partition coefficient (Wildman–Crippen LogP) is 11.7. The zero-order valence-electron chi connectivity index (χ0n) is 40.7. The highest BCUT2D eigenvalue weighted by Gasteiger charge is 2.48. The van der Waals surface area contributed by atoms with Crippen LogP contribution in [0.2, 0.25) is 0 Å². The van der Waals surface area contributed by atoms with Crippen LogP contribution < -0.4 is 23.7 Å². The first-order valence-corrected chi connectivity index (χ1v) is 24.0. The van der Waals surface area contributed by atoms with E-state index in [1.54, 1.807) is 40.6 Å². The van der Waals surface area contributed by atoms with E-state index in [0.29, 0.717) is 31.5 Å². The van der Waals surface area contributed by atoms with Crippen molar-refractivity contribution < 1.29 is 57.2 Å². The first-order valence-electron chi connectivity index (χ1n) is 23.5. The van der Waals surface area contributed by atoms with Gasteiger partial charge in [-0.1, -0.05) is 62.4 Å². The predicted molar refractivity (Wildman–Crippen MR) is 265 cm³/mol. The molecule has 13 heteroatoms. The van der Waals surface area contributed by atoms with Gasteiger partial charge in [0, 0.05) is 80.2 Å². The Morgan fingerprint density at radius 3 is 1.41 bits per heavy atom. The first-order chi connectivity index (χ1) is 33.6. The fraction of sp³-hybridized carbons (Fsp3) is 0.429. The maximum atomic E-state index is 9.85. The Kier molecular flexibility index (Phi) is 18.4. The van der Waals surface area contributed by atoms with Crippen LogP contribution in [-0.4, -0.2) is 86.4 Å². The second-order valence-corrected chi connectivity index (χ2v) is 18.5. The van der Waals surface area contributed by atoms with Crippen molar-refractivity contribution in [3.05, 3.63) is 155 Å². The largest absolute Gasteiger partial charge is 0.508 e. The fourth-order valence-corrected chi connectivity index (χ4v) is 9.94. The highest BCUT2D eigenvalue weighted by atomic mass is 35.5. The smallest absolute Gasteiger partial charge is 0.188 e. The number of alkyl halides is 1. The Morgan fingerprint density at radius 2 is 0.986 bits per heavy atom. The Labute approximate surface area is 412 Å². The topological polar surface area (TPSA) is 122 Å². The van der Waals surface area contributed by atoms with Gasteiger partial charge >= 0.3 is 0 Å². The Morgan fingerprint density at radius 1 is 0.551 bits per heavy atom. The number of rotatable bonds is 21. The maximum absolute atomic E-state index is 9.85. The summed E-state index contributed by atoms with van der Waals surface area (Å²) in [7, 11) is 6.45. The zero-order valence-corrected chi connectivity index (χ0v) is 41.4. The van der Waals surface area contributed by atoms with E-state index in [2.05, 4.69) is 74.5 Å². The van der Waals surface area contributed by atoms with Crippen molar-refractivity contribution in [1.29, 1.82) is 0 Å². The lowest BCUT2D eigenvalue weighted by molar-refractivity contribution is 0.00798. The number of phenolic OH excluding ortho intramolecular Hbond substituents is 1. The minimum Gasteiger partial charge on any atom is -0.508 e. The molecule has 370 valence electrons. The number of fused-ring (bicyclic) bond motifs is 2. The molecular weight excluding hydrogens is 900 g/mol. The molecule has 2 heterocycles. The number of aromatic hydroxyl groups is 1. The molecule has 4 aliphatic rings. The molecule has 0 amide bonds. The van der Waals surface area contributed by atoms with Gasteiger partial charge in [0.05, 0.1) is 19.8 Å². The van der Waals surface area contributed by atoms with E-state index in [1.807, 2.05) is 48.6 Å². The summed E-state index contributed by atoms with van der Waals surface area (Å²) >= 11 is 5.79. The summed E-state index contributed by atoms with van der Waals surface area (Å²) in [5.41, 5.74) is 4.22. The van der Waals surface area contributed by atoms with Crippen molar-refractivity contribution >= 4 is 11.6 Å². The van der Waals surface area contributed by atoms with E-state index in [1.165, 1.54) is 5.56 Å². The molecule has 4 aromatic rings. The van der Waals surface area contributed by atoms with Crippen molar-refractivity contribution in [2.75, 3.05) is 81.3 Å². The molecule has 0 fully saturated rings. The number of hydrogen-bond donors (Lipinski definition) is 1. The van der Waals surface area contributed by atoms with Crippen molar-refractivity contribution in [2.24, 2.45) is 22.7 Å². The van der Waals surface area contributed by atoms with Gasteiger partial charge in [-0.25, -0.2) is 0 Å². The van der Waals surface area contributed by atoms with Crippen LogP contribution in [0.4, 0.5) is 0 Å². The summed E-state index contributed by atoms with van der Waals surface area (Å²) in [6, 6.07) is 28.0. The van der Waals surface area contributed by atoms with Gasteiger partial charge < -0.3 is 57.2 Å². The van der Waals surface area contributed by atoms with E-state index in [9.17, 15) is 5.11 Å². The number of methoxy groups -OCH3 is 4. The highest BCUT2D eigenvalue weighted by molar-refractivity contribution is 6.17. The third-order valence-corrected chi connectivity index (χ3v) is 13.7. The molecule has 0 saturated heterocycles. The van der Waals surface area contributed by atoms with Crippen molar-refractivity contribution in [1.82, 2.24) is 0 Å². The van der Waals surface area contributed by atoms with Crippen LogP contribution in [0.15, 0.2) is 133 Å². The van der Waals surface area contributed by atoms with Crippen LogP contribution in [0.25, 0.3) is 0 Å². The second-order valence-electron chi connectivity index (χ2n) is 18.1. The molecular formula is C56H67ClO12. The minimum atomic E-state index is -0.210. The average molecular weight is 968 g/mol. The Hall–Kier alpha value is -5.63. The number of unbranched alkanes of at least 4 members (excludes halogenated alkanes) is 1. The van der Waals surface area contributed by atoms with E-state index in [4.69, 9.17) is 63.7 Å². The van der Waals surface area contributed by atoms with Crippen LogP contribution in [0.5, 0.6) is 34.5 Å². The molecule has 4 aromatic carbocycles. The van der Waals surface area contributed by atoms with Crippen LogP contribution in [-0.2, 0) is 28.4 Å². The summed E-state index contributed by atoms with van der Waals surface area (Å²) in [4.78, 5) is 0. The monoisotopic (exact) mass is 966 g/mol. The third kappa shape index (κ3) is 12.6. The molecule has 0 bridgehead atoms. The van der Waals surface area contributed by atoms with Crippen molar-refractivity contribution in [3.63, 3.8) is 0 Å². The summed E-state index contributed by atoms with van der Waals surface area (Å²) in [6.45, 7) is 7.24. The third-order valence-electron chi connectivity index (χ3n) is 13.4. The summed E-state index contributed by atoms with van der Waals surface area (Å²) in [5, 5.41) is 9.85. The second kappa shape index (κ2) is 24.8. The van der Waals surface area contributed by atoms with Gasteiger partial charge in [0.25, 0.3) is 0 Å². The SMILES string of the molecule is COCOC1=CCC([C@@]2(C)COc3cc(OCOC)ccc3[C@H]2c2ccc(O)cc2)C=C1.COCOC1=CCC([C@@]2(C)COc3cc(OCOC)ccc3[C@H]2c2ccc(OCCCCCl)cc2)C=C1. The molecule has 12 nitrogen and oxygen atoms in total. The minimum absolute atomic E-state index is 0.0767. The number of phenols is 1. The quantitative estimate of drug-likeness (QED) is 0.0486. The van der Waals surface area contributed by atoms with Gasteiger partial charge in [-0.2, -0.15) is 0 Å². The van der Waals surface area contributed by atoms with E-state index in [0.717, 1.165) is 76.9 Å². The first kappa shape index (κ1) is 51.2. The van der Waals surface area contributed by atoms with E-state index in [-0.39, 0.29) is 67.4 Å². The molecule has 69 heavy (non-hydrogen) atoms. The molecule has 6 atom stereocenters. The number of halogens is 1. The van der Waals surface area contributed by atoms with Gasteiger partial charge in [0.1, 0.15) is 46.0 Å². The van der Waals surface area contributed by atoms with Crippen LogP contribution in [0.1, 0.15) is 73.6 Å². The Balaban J connectivity index is 0.000000206. The summed E-state index contributed by atoms with van der Waals surface area (Å²) in [6.07, 6.45) is 16.4. The standard InChI is InChI=1S/C30H37ClO6.C26H30O6/c1-30(23-8-12-25(13-9-23)36-20-32-2)19-35-28-18-26(37-21-33-3)14-15-27(28)29(30)22-6-10-24(11-7-22)34-17-5-4-16-31;1-26(19-6-10-21(11-7-19)31-16-28-2)15-30-24-14-22(32-17-29-3)12-13-23(24)25(26)18-4-8-20(27)9-5-18/h6-8,10-15,18,23,29H,4-5,9,16-17,19-21H2,1-3H3;4-6,8-14,19,25,27H,7,15-17H2,1-3H3/t23?,29-,30-;19?,25-,26-/m11/s1. The van der Waals surface area contributed by atoms with E-state index >= 15 is 0 Å². The van der Waals surface area contributed by atoms with Gasteiger partial charge in [0.15, 0.2) is 27.2 Å². The van der Waals surface area contributed by atoms with Crippen molar-refractivity contribution in [3.8, 4) is 34.5 Å². The number of hydrogen-bond acceptors (Lipinski definition) is 12. The van der Waals surface area contributed by atoms with E-state index < -0.39 is 0 Å². The molecule has 2 aliphatic carbocycles. The molecule has 0 radical (unpaired) electrons. The summed E-state index contributed by atoms with van der Waals surface area (Å²) in [5.74, 6) is 7.24. The van der Waals surface area contributed by atoms with Gasteiger partial charge in [-0.05, 0) is 109 Å². The molecule has 0 saturated carbocycles. The van der Waals surface area contributed by atoms with Gasteiger partial charge in [0.2, 0.25) is 0 Å². The lowest BCUT2D eigenvalue weighted by Crippen LogP contribution is -2.42. The number of allylic oxidation sites excluding steroid dienone is 6. The average Bonchev–Trinajstić information content (AvgIpc) is 3.38. The highest BCUT2D eigenvalue weighted by Crippen LogP contribution is 2.56. The molecule has 2 aliphatic heterocycles. The molecule has 2 unspecified atom stereocenters. The normalized spacial score (nSPS) is 23.3. The lowest BCUT2D eigenvalue weighted by atomic mass is 9.61. The molecule has 0 aromatic heterocycles. The number of benzene rings is 4. The van der Waals surface area contributed by atoms with Gasteiger partial charge in [-0.15, -0.1) is 11.6 Å². The molecule has 8 rings (SSSR count). The zero-order chi connectivity index (χ0) is 48.6. The van der Waals surface area contributed by atoms with Crippen LogP contribution >= 0.6 is 11.6 Å². The summed E-state index contributed by atoms with van der Waals surface area (Å²) < 4.78 is 61.3. The molecule has 1 N–H and O–H groups in total. The maximum Gasteiger partial charge on any atom is 0.188 e. The van der Waals surface area contributed by atoms with Crippen molar-refractivity contribution in [2.45, 2.75) is 51.4 Å². The Bertz CT molecular complexity index is 2380. The van der Waals surface area contributed by atoms with Crippen LogP contribution in [0.3, 0.4) is 0 Å². The van der Waals surface area contributed by atoms with Gasteiger partial charge in [-0.3, -0.25) is 0 Å². The molecule has 0 spiro atoms. The lowest BCUT2D eigenvalue weighted by Gasteiger charge is -2.47. The van der Waals surface area contributed by atoms with Crippen LogP contribution in [0, 0.1) is 22.7 Å².